The maximum absolute atomic E-state index is 10.9. The van der Waals surface area contributed by atoms with Crippen LogP contribution in [0.4, 0.5) is 16.3 Å². The first kappa shape index (κ1) is 18.6. The van der Waals surface area contributed by atoms with Gasteiger partial charge in [0.2, 0.25) is 0 Å². The van der Waals surface area contributed by atoms with Crippen LogP contribution in [0.25, 0.3) is 0 Å². The molecule has 0 atom stereocenters. The quantitative estimate of drug-likeness (QED) is 0.683. The first-order valence-corrected chi connectivity index (χ1v) is 9.36. The van der Waals surface area contributed by atoms with Crippen molar-refractivity contribution in [1.29, 1.82) is 0 Å². The highest BCUT2D eigenvalue weighted by molar-refractivity contribution is 7.99. The molecule has 7 nitrogen and oxygen atoms in total. The molecular weight excluding hydrogens is 374 g/mol. The van der Waals surface area contributed by atoms with Crippen molar-refractivity contribution in [3.05, 3.63) is 35.6 Å². The van der Waals surface area contributed by atoms with Crippen molar-refractivity contribution in [1.82, 2.24) is 15.3 Å². The Morgan fingerprint density at radius 3 is 2.69 bits per heavy atom. The summed E-state index contributed by atoms with van der Waals surface area (Å²) in [6.07, 6.45) is 3.90. The lowest BCUT2D eigenvalue weighted by atomic mass is 9.90. The second-order valence-electron chi connectivity index (χ2n) is 6.45. The fraction of sp³-hybridized carbons (Fsp3) is 0.353. The Morgan fingerprint density at radius 1 is 1.35 bits per heavy atom. The Labute approximate surface area is 161 Å². The lowest BCUT2D eigenvalue weighted by Gasteiger charge is -2.39. The molecule has 0 spiro atoms. The minimum absolute atomic E-state index is 0.393. The van der Waals surface area contributed by atoms with Crippen molar-refractivity contribution in [2.75, 3.05) is 23.7 Å². The van der Waals surface area contributed by atoms with Crippen molar-refractivity contribution in [2.24, 2.45) is 0 Å². The summed E-state index contributed by atoms with van der Waals surface area (Å²) >= 11 is 7.62. The average molecular weight is 394 g/mol. The number of anilines is 2. The lowest BCUT2D eigenvalue weighted by molar-refractivity contribution is 0.173. The molecule has 4 N–H and O–H groups in total. The summed E-state index contributed by atoms with van der Waals surface area (Å²) in [5, 5.41) is 12.8. The van der Waals surface area contributed by atoms with E-state index in [1.165, 1.54) is 11.8 Å². The Kier molecular flexibility index (Phi) is 5.43. The van der Waals surface area contributed by atoms with Crippen LogP contribution in [0.15, 0.2) is 40.5 Å². The van der Waals surface area contributed by atoms with Crippen LogP contribution in [0.2, 0.25) is 5.02 Å². The molecule has 1 aliphatic rings. The lowest BCUT2D eigenvalue weighted by Crippen LogP contribution is -2.53. The fourth-order valence-corrected chi connectivity index (χ4v) is 3.89. The van der Waals surface area contributed by atoms with Gasteiger partial charge in [-0.05, 0) is 31.9 Å². The summed E-state index contributed by atoms with van der Waals surface area (Å²) in [7, 11) is 0. The van der Waals surface area contributed by atoms with Crippen LogP contribution in [-0.4, -0.2) is 39.8 Å². The number of hydrogen-bond donors (Lipinski definition) is 3. The van der Waals surface area contributed by atoms with Gasteiger partial charge in [0.25, 0.3) is 0 Å². The number of hydrogen-bond acceptors (Lipinski definition) is 6. The second-order valence-corrected chi connectivity index (χ2v) is 7.89. The number of carbonyl (C=O) groups is 1. The van der Waals surface area contributed by atoms with Gasteiger partial charge in [-0.3, -0.25) is 0 Å². The monoisotopic (exact) mass is 393 g/mol. The molecule has 9 heteroatoms. The van der Waals surface area contributed by atoms with Crippen LogP contribution in [0.1, 0.15) is 19.8 Å². The number of nitrogens with zero attached hydrogens (tertiary/aromatic N) is 3. The Bertz CT molecular complexity index is 794. The van der Waals surface area contributed by atoms with E-state index in [1.807, 2.05) is 19.1 Å². The zero-order valence-electron chi connectivity index (χ0n) is 14.3. The third-order valence-corrected chi connectivity index (χ3v) is 5.94. The molecule has 26 heavy (non-hydrogen) atoms. The molecule has 2 aromatic rings. The molecule has 3 rings (SSSR count). The first-order valence-electron chi connectivity index (χ1n) is 8.16. The molecule has 0 radical (unpaired) electrons. The highest BCUT2D eigenvalue weighted by atomic mass is 35.5. The molecule has 138 valence electrons. The van der Waals surface area contributed by atoms with E-state index in [4.69, 9.17) is 22.4 Å². The van der Waals surface area contributed by atoms with E-state index in [9.17, 15) is 4.79 Å². The molecule has 1 aromatic carbocycles. The number of amides is 1. The third kappa shape index (κ3) is 4.31. The van der Waals surface area contributed by atoms with Crippen molar-refractivity contribution in [3.63, 3.8) is 0 Å². The van der Waals surface area contributed by atoms with E-state index in [-0.39, 0.29) is 0 Å². The fourth-order valence-electron chi connectivity index (χ4n) is 2.86. The van der Waals surface area contributed by atoms with Crippen molar-refractivity contribution in [3.8, 4) is 0 Å². The van der Waals surface area contributed by atoms with Gasteiger partial charge >= 0.3 is 6.09 Å². The summed E-state index contributed by atoms with van der Waals surface area (Å²) in [6, 6.07) is 5.49. The molecule has 1 saturated heterocycles. The number of halogens is 1. The zero-order valence-corrected chi connectivity index (χ0v) is 15.8. The van der Waals surface area contributed by atoms with Crippen LogP contribution in [0, 0.1) is 0 Å². The number of nitrogen functional groups attached to an aromatic ring is 1. The van der Waals surface area contributed by atoms with Crippen LogP contribution in [0.5, 0.6) is 0 Å². The van der Waals surface area contributed by atoms with Crippen molar-refractivity contribution in [2.45, 2.75) is 35.2 Å². The van der Waals surface area contributed by atoms with Crippen LogP contribution >= 0.6 is 23.4 Å². The number of nitrogens with two attached hydrogens (primary N) is 1. The molecule has 2 heterocycles. The SMILES string of the molecule is CC1(NC(=O)O)CCN(c2cnc(Sc3cccc(N)c3Cl)cn2)CC1. The second kappa shape index (κ2) is 7.59. The van der Waals surface area contributed by atoms with Crippen LogP contribution in [0.3, 0.4) is 0 Å². The molecule has 0 bridgehead atoms. The van der Waals surface area contributed by atoms with Crippen molar-refractivity contribution >= 4 is 41.0 Å². The topological polar surface area (TPSA) is 104 Å². The largest absolute Gasteiger partial charge is 0.465 e. The molecular formula is C17H20ClN5O2S. The van der Waals surface area contributed by atoms with E-state index < -0.39 is 11.6 Å². The van der Waals surface area contributed by atoms with E-state index in [0.717, 1.165) is 41.7 Å². The van der Waals surface area contributed by atoms with Gasteiger partial charge in [0.05, 0.1) is 23.1 Å². The summed E-state index contributed by atoms with van der Waals surface area (Å²) < 4.78 is 0. The van der Waals surface area contributed by atoms with Gasteiger partial charge in [-0.15, -0.1) is 0 Å². The number of nitrogens with one attached hydrogen (secondary N) is 1. The number of benzene rings is 1. The normalized spacial score (nSPS) is 16.3. The predicted octanol–water partition coefficient (Wildman–Crippen LogP) is 3.49. The zero-order chi connectivity index (χ0) is 18.7. The average Bonchev–Trinajstić information content (AvgIpc) is 2.59. The third-order valence-electron chi connectivity index (χ3n) is 4.42. The number of carboxylic acid groups (broad SMARTS) is 1. The molecule has 0 unspecified atom stereocenters. The Hall–Kier alpha value is -2.19. The van der Waals surface area contributed by atoms with Gasteiger partial charge in [0.15, 0.2) is 0 Å². The maximum Gasteiger partial charge on any atom is 0.405 e. The van der Waals surface area contributed by atoms with Crippen LogP contribution < -0.4 is 16.0 Å². The van der Waals surface area contributed by atoms with Gasteiger partial charge < -0.3 is 21.1 Å². The van der Waals surface area contributed by atoms with Gasteiger partial charge in [0, 0.05) is 23.5 Å². The number of piperidine rings is 1. The minimum Gasteiger partial charge on any atom is -0.465 e. The molecule has 1 aliphatic heterocycles. The number of aromatic nitrogens is 2. The predicted molar refractivity (Wildman–Crippen MR) is 103 cm³/mol. The highest BCUT2D eigenvalue weighted by Gasteiger charge is 2.32. The summed E-state index contributed by atoms with van der Waals surface area (Å²) in [4.78, 5) is 22.8. The van der Waals surface area contributed by atoms with Crippen molar-refractivity contribution < 1.29 is 9.90 Å². The molecule has 1 amide bonds. The molecule has 0 aliphatic carbocycles. The van der Waals surface area contributed by atoms with Gasteiger partial charge in [-0.1, -0.05) is 29.4 Å². The standard InChI is InChI=1S/C17H20ClN5O2S/c1-17(22-16(24)25)5-7-23(8-6-17)13-9-21-14(10-20-13)26-12-4-2-3-11(19)15(12)18/h2-4,9-10,22H,5-8,19H2,1H3,(H,24,25). The summed E-state index contributed by atoms with van der Waals surface area (Å²) in [5.74, 6) is 0.783. The maximum atomic E-state index is 10.9. The van der Waals surface area contributed by atoms with E-state index in [2.05, 4.69) is 20.2 Å². The molecule has 1 aromatic heterocycles. The summed E-state index contributed by atoms with van der Waals surface area (Å²) in [5.41, 5.74) is 5.96. The van der Waals surface area contributed by atoms with E-state index in [0.29, 0.717) is 10.7 Å². The molecule has 0 saturated carbocycles. The van der Waals surface area contributed by atoms with E-state index in [1.54, 1.807) is 18.5 Å². The number of rotatable bonds is 4. The van der Waals surface area contributed by atoms with Gasteiger partial charge in [-0.25, -0.2) is 14.8 Å². The minimum atomic E-state index is -0.984. The first-order chi connectivity index (χ1) is 12.4. The Morgan fingerprint density at radius 2 is 2.08 bits per heavy atom. The highest BCUT2D eigenvalue weighted by Crippen LogP contribution is 2.35. The van der Waals surface area contributed by atoms with E-state index >= 15 is 0 Å². The smallest absolute Gasteiger partial charge is 0.405 e. The van der Waals surface area contributed by atoms with Crippen LogP contribution in [-0.2, 0) is 0 Å². The van der Waals surface area contributed by atoms with Gasteiger partial charge in [0.1, 0.15) is 10.8 Å². The summed E-state index contributed by atoms with van der Waals surface area (Å²) in [6.45, 7) is 3.37. The Balaban J connectivity index is 1.63. The molecule has 1 fully saturated rings. The van der Waals surface area contributed by atoms with Gasteiger partial charge in [-0.2, -0.15) is 0 Å².